The van der Waals surface area contributed by atoms with Crippen LogP contribution in [0, 0.1) is 0 Å². The van der Waals surface area contributed by atoms with Gasteiger partial charge in [0, 0.05) is 23.6 Å². The molecule has 0 aliphatic carbocycles. The van der Waals surface area contributed by atoms with Gasteiger partial charge in [-0.1, -0.05) is 18.5 Å². The van der Waals surface area contributed by atoms with Gasteiger partial charge in [0.1, 0.15) is 5.75 Å². The molecule has 5 heteroatoms. The number of halogens is 1. The zero-order valence-corrected chi connectivity index (χ0v) is 11.0. The molecule has 0 spiro atoms. The van der Waals surface area contributed by atoms with E-state index in [-0.39, 0.29) is 6.54 Å². The molecule has 1 aromatic carbocycles. The van der Waals surface area contributed by atoms with Crippen molar-refractivity contribution in [3.63, 3.8) is 0 Å². The highest BCUT2D eigenvalue weighted by Crippen LogP contribution is 2.33. The third-order valence-corrected chi connectivity index (χ3v) is 3.24. The highest BCUT2D eigenvalue weighted by atomic mass is 35.5. The van der Waals surface area contributed by atoms with Crippen molar-refractivity contribution in [3.05, 3.63) is 28.3 Å². The number of hydrogen-bond acceptors (Lipinski definition) is 3. The Kier molecular flexibility index (Phi) is 4.09. The monoisotopic (exact) mass is 269 g/mol. The van der Waals surface area contributed by atoms with Gasteiger partial charge in [-0.2, -0.15) is 0 Å². The number of rotatable bonds is 5. The van der Waals surface area contributed by atoms with Gasteiger partial charge in [0.25, 0.3) is 0 Å². The topological polar surface area (TPSA) is 49.8 Å². The maximum atomic E-state index is 10.8. The first kappa shape index (κ1) is 13.2. The summed E-state index contributed by atoms with van der Waals surface area (Å²) in [6, 6.07) is 3.77. The second-order valence-corrected chi connectivity index (χ2v) is 4.79. The Bertz CT molecular complexity index is 462. The van der Waals surface area contributed by atoms with Gasteiger partial charge in [0.15, 0.2) is 0 Å². The van der Waals surface area contributed by atoms with Crippen LogP contribution in [0.5, 0.6) is 5.75 Å². The molecule has 0 aromatic heterocycles. The van der Waals surface area contributed by atoms with E-state index in [0.717, 1.165) is 23.3 Å². The first-order chi connectivity index (χ1) is 8.60. The van der Waals surface area contributed by atoms with E-state index in [1.807, 2.05) is 24.0 Å². The Balaban J connectivity index is 2.20. The van der Waals surface area contributed by atoms with Gasteiger partial charge in [-0.05, 0) is 24.2 Å². The van der Waals surface area contributed by atoms with E-state index in [4.69, 9.17) is 21.4 Å². The minimum Gasteiger partial charge on any atom is -0.493 e. The first-order valence-corrected chi connectivity index (χ1v) is 6.36. The van der Waals surface area contributed by atoms with Crippen molar-refractivity contribution in [3.8, 4) is 5.75 Å². The summed E-state index contributed by atoms with van der Waals surface area (Å²) in [4.78, 5) is 12.6. The van der Waals surface area contributed by atoms with Crippen LogP contribution in [0.15, 0.2) is 12.1 Å². The summed E-state index contributed by atoms with van der Waals surface area (Å²) in [7, 11) is 0. The molecule has 1 aliphatic rings. The molecule has 0 atom stereocenters. The molecule has 1 aliphatic heterocycles. The van der Waals surface area contributed by atoms with Gasteiger partial charge in [0.2, 0.25) is 0 Å². The molecular weight excluding hydrogens is 254 g/mol. The lowest BCUT2D eigenvalue weighted by atomic mass is 10.1. The molecule has 98 valence electrons. The number of nitrogens with zero attached hydrogens (tertiary/aromatic N) is 1. The number of carboxylic acids is 1. The molecule has 18 heavy (non-hydrogen) atoms. The van der Waals surface area contributed by atoms with Gasteiger partial charge < -0.3 is 9.84 Å². The summed E-state index contributed by atoms with van der Waals surface area (Å²) in [5, 5.41) is 9.52. The average Bonchev–Trinajstić information content (AvgIpc) is 2.75. The quantitative estimate of drug-likeness (QED) is 0.890. The van der Waals surface area contributed by atoms with Crippen molar-refractivity contribution in [1.82, 2.24) is 4.90 Å². The minimum absolute atomic E-state index is 0.0256. The molecule has 0 fully saturated rings. The highest BCUT2D eigenvalue weighted by molar-refractivity contribution is 6.30. The first-order valence-electron chi connectivity index (χ1n) is 5.98. The summed E-state index contributed by atoms with van der Waals surface area (Å²) in [5.41, 5.74) is 2.09. The summed E-state index contributed by atoms with van der Waals surface area (Å²) >= 11 is 6.07. The number of benzene rings is 1. The highest BCUT2D eigenvalue weighted by Gasteiger charge is 2.19. The molecular formula is C13H16ClNO3. The van der Waals surface area contributed by atoms with Crippen LogP contribution in [-0.4, -0.2) is 35.7 Å². The Morgan fingerprint density at radius 1 is 1.56 bits per heavy atom. The standard InChI is InChI=1S/C13H16ClNO3/c1-2-15(8-12(16)17)7-10-6-11(14)5-9-3-4-18-13(9)10/h5-6H,2-4,7-8H2,1H3,(H,16,17). The number of fused-ring (bicyclic) bond motifs is 1. The number of aliphatic carboxylic acids is 1. The van der Waals surface area contributed by atoms with Crippen molar-refractivity contribution in [1.29, 1.82) is 0 Å². The molecule has 4 nitrogen and oxygen atoms in total. The van der Waals surface area contributed by atoms with Crippen molar-refractivity contribution < 1.29 is 14.6 Å². The van der Waals surface area contributed by atoms with Gasteiger partial charge in [-0.3, -0.25) is 9.69 Å². The third kappa shape index (κ3) is 2.94. The van der Waals surface area contributed by atoms with Crippen LogP contribution < -0.4 is 4.74 Å². The predicted octanol–water partition coefficient (Wildman–Crippen LogP) is 2.18. The molecule has 0 saturated heterocycles. The average molecular weight is 270 g/mol. The predicted molar refractivity (Wildman–Crippen MR) is 69.2 cm³/mol. The lowest BCUT2D eigenvalue weighted by Gasteiger charge is -2.19. The van der Waals surface area contributed by atoms with E-state index < -0.39 is 5.97 Å². The van der Waals surface area contributed by atoms with Crippen LogP contribution in [0.1, 0.15) is 18.1 Å². The molecule has 0 amide bonds. The van der Waals surface area contributed by atoms with E-state index in [9.17, 15) is 4.79 Å². The maximum absolute atomic E-state index is 10.8. The van der Waals surface area contributed by atoms with Gasteiger partial charge in [0.05, 0.1) is 13.2 Å². The number of likely N-dealkylation sites (N-methyl/N-ethyl adjacent to an activating group) is 1. The SMILES string of the molecule is CCN(CC(=O)O)Cc1cc(Cl)cc2c1OCC2. The van der Waals surface area contributed by atoms with Crippen molar-refractivity contribution in [2.24, 2.45) is 0 Å². The molecule has 1 aromatic rings. The fourth-order valence-electron chi connectivity index (χ4n) is 2.18. The van der Waals surface area contributed by atoms with Crippen LogP contribution in [0.3, 0.4) is 0 Å². The molecule has 0 bridgehead atoms. The van der Waals surface area contributed by atoms with Gasteiger partial charge >= 0.3 is 5.97 Å². The van der Waals surface area contributed by atoms with E-state index >= 15 is 0 Å². The van der Waals surface area contributed by atoms with E-state index in [1.165, 1.54) is 0 Å². The van der Waals surface area contributed by atoms with Crippen LogP contribution in [0.25, 0.3) is 0 Å². The maximum Gasteiger partial charge on any atom is 0.317 e. The zero-order chi connectivity index (χ0) is 13.1. The molecule has 0 radical (unpaired) electrons. The second kappa shape index (κ2) is 5.59. The Labute approximate surface area is 111 Å². The molecule has 2 rings (SSSR count). The molecule has 1 N–H and O–H groups in total. The Hall–Kier alpha value is -1.26. The molecule has 1 heterocycles. The van der Waals surface area contributed by atoms with E-state index in [2.05, 4.69) is 0 Å². The second-order valence-electron chi connectivity index (χ2n) is 4.35. The zero-order valence-electron chi connectivity index (χ0n) is 10.3. The Morgan fingerprint density at radius 2 is 2.33 bits per heavy atom. The number of carbonyl (C=O) groups is 1. The fourth-order valence-corrected chi connectivity index (χ4v) is 2.44. The summed E-state index contributed by atoms with van der Waals surface area (Å²) in [6.45, 7) is 3.86. The lowest BCUT2D eigenvalue weighted by Crippen LogP contribution is -2.29. The minimum atomic E-state index is -0.823. The van der Waals surface area contributed by atoms with Crippen molar-refractivity contribution in [2.75, 3.05) is 19.7 Å². The lowest BCUT2D eigenvalue weighted by molar-refractivity contribution is -0.138. The summed E-state index contributed by atoms with van der Waals surface area (Å²) < 4.78 is 5.60. The number of carboxylic acid groups (broad SMARTS) is 1. The third-order valence-electron chi connectivity index (χ3n) is 3.03. The largest absolute Gasteiger partial charge is 0.493 e. The van der Waals surface area contributed by atoms with Gasteiger partial charge in [-0.15, -0.1) is 0 Å². The normalized spacial score (nSPS) is 13.5. The van der Waals surface area contributed by atoms with Crippen LogP contribution in [0.4, 0.5) is 0 Å². The summed E-state index contributed by atoms with van der Waals surface area (Å²) in [6.07, 6.45) is 0.869. The molecule has 0 unspecified atom stereocenters. The fraction of sp³-hybridized carbons (Fsp3) is 0.462. The van der Waals surface area contributed by atoms with Crippen molar-refractivity contribution in [2.45, 2.75) is 19.9 Å². The van der Waals surface area contributed by atoms with Crippen LogP contribution in [-0.2, 0) is 17.8 Å². The Morgan fingerprint density at radius 3 is 3.00 bits per heavy atom. The number of ether oxygens (including phenoxy) is 1. The molecule has 0 saturated carbocycles. The van der Waals surface area contributed by atoms with Crippen LogP contribution >= 0.6 is 11.6 Å². The smallest absolute Gasteiger partial charge is 0.317 e. The van der Waals surface area contributed by atoms with Crippen LogP contribution in [0.2, 0.25) is 5.02 Å². The van der Waals surface area contributed by atoms with Gasteiger partial charge in [-0.25, -0.2) is 0 Å². The van der Waals surface area contributed by atoms with Crippen molar-refractivity contribution >= 4 is 17.6 Å². The van der Waals surface area contributed by atoms with E-state index in [1.54, 1.807) is 0 Å². The summed E-state index contributed by atoms with van der Waals surface area (Å²) in [5.74, 6) is 0.0553. The number of hydrogen-bond donors (Lipinski definition) is 1. The van der Waals surface area contributed by atoms with E-state index in [0.29, 0.717) is 24.7 Å².